The molecule has 0 radical (unpaired) electrons. The Balaban J connectivity index is 2.16. The Labute approximate surface area is 91.4 Å². The number of hydrogen-bond donors (Lipinski definition) is 0. The molecule has 0 aliphatic carbocycles. The Morgan fingerprint density at radius 2 is 1.71 bits per heavy atom. The number of aromatic nitrogens is 2. The van der Waals surface area contributed by atoms with E-state index in [0.29, 0.717) is 0 Å². The highest BCUT2D eigenvalue weighted by Crippen LogP contribution is 2.09. The van der Waals surface area contributed by atoms with Crippen LogP contribution in [0.5, 0.6) is 0 Å². The van der Waals surface area contributed by atoms with Crippen LogP contribution in [-0.2, 0) is 6.54 Å². The molecule has 1 aromatic heterocycles. The molecule has 14 heavy (non-hydrogen) atoms. The first kappa shape index (κ1) is 9.34. The average Bonchev–Trinajstić information content (AvgIpc) is 2.23. The lowest BCUT2D eigenvalue weighted by Gasteiger charge is -1.97. The van der Waals surface area contributed by atoms with Gasteiger partial charge in [0.25, 0.3) is 0 Å². The van der Waals surface area contributed by atoms with Crippen molar-refractivity contribution in [2.24, 2.45) is 0 Å². The Bertz CT molecular complexity index is 397. The largest absolute Gasteiger partial charge is 0.252 e. The van der Waals surface area contributed by atoms with Gasteiger partial charge in [0, 0.05) is 10.0 Å². The summed E-state index contributed by atoms with van der Waals surface area (Å²) in [5.41, 5.74) is 1.28. The third kappa shape index (κ3) is 2.39. The monoisotopic (exact) mass is 249 g/mol. The second kappa shape index (κ2) is 4.33. The average molecular weight is 250 g/mol. The summed E-state index contributed by atoms with van der Waals surface area (Å²) in [5, 5.41) is 0. The van der Waals surface area contributed by atoms with Gasteiger partial charge in [-0.05, 0) is 12.1 Å². The molecule has 1 heterocycles. The Morgan fingerprint density at radius 1 is 1.07 bits per heavy atom. The first-order chi connectivity index (χ1) is 6.84. The van der Waals surface area contributed by atoms with Crippen LogP contribution in [0.1, 0.15) is 5.56 Å². The lowest BCUT2D eigenvalue weighted by Crippen LogP contribution is -2.33. The number of halogens is 1. The van der Waals surface area contributed by atoms with E-state index in [4.69, 9.17) is 0 Å². The fraction of sp³-hybridized carbons (Fsp3) is 0.0909. The Hall–Kier alpha value is -1.22. The summed E-state index contributed by atoms with van der Waals surface area (Å²) in [6, 6.07) is 8.32. The van der Waals surface area contributed by atoms with E-state index in [1.807, 2.05) is 12.4 Å². The van der Waals surface area contributed by atoms with Gasteiger partial charge in [0.15, 0.2) is 18.9 Å². The minimum absolute atomic E-state index is 0.885. The number of nitrogens with zero attached hydrogens (tertiary/aromatic N) is 2. The maximum absolute atomic E-state index is 3.97. The molecule has 0 N–H and O–H groups in total. The van der Waals surface area contributed by atoms with Crippen LogP contribution in [0.4, 0.5) is 0 Å². The minimum atomic E-state index is 0.885. The summed E-state index contributed by atoms with van der Waals surface area (Å²) >= 11 is 3.41. The topological polar surface area (TPSA) is 16.8 Å². The summed E-state index contributed by atoms with van der Waals surface area (Å²) in [6.45, 7) is 0.885. The summed E-state index contributed by atoms with van der Waals surface area (Å²) < 4.78 is 3.21. The Kier molecular flexibility index (Phi) is 2.89. The van der Waals surface area contributed by atoms with Gasteiger partial charge in [0.05, 0.1) is 12.4 Å². The third-order valence-electron chi connectivity index (χ3n) is 1.97. The van der Waals surface area contributed by atoms with E-state index >= 15 is 0 Å². The van der Waals surface area contributed by atoms with Crippen LogP contribution in [0.25, 0.3) is 0 Å². The van der Waals surface area contributed by atoms with Crippen molar-refractivity contribution in [3.63, 3.8) is 0 Å². The van der Waals surface area contributed by atoms with E-state index < -0.39 is 0 Å². The normalized spacial score (nSPS) is 10.1. The summed E-state index contributed by atoms with van der Waals surface area (Å²) in [7, 11) is 0. The third-order valence-corrected chi connectivity index (χ3v) is 2.50. The van der Waals surface area contributed by atoms with Crippen LogP contribution < -0.4 is 4.57 Å². The van der Waals surface area contributed by atoms with E-state index in [2.05, 4.69) is 49.7 Å². The summed E-state index contributed by atoms with van der Waals surface area (Å²) in [6.07, 6.45) is 7.50. The smallest absolute Gasteiger partial charge is 0.187 e. The fourth-order valence-electron chi connectivity index (χ4n) is 1.25. The quantitative estimate of drug-likeness (QED) is 0.746. The van der Waals surface area contributed by atoms with Crippen LogP contribution >= 0.6 is 15.9 Å². The standard InChI is InChI=1S/C11H10BrN2/c12-11-3-1-10(2-4-11)9-14-7-5-13-6-8-14/h1-8H,9H2/q+1. The molecule has 0 unspecified atom stereocenters. The lowest BCUT2D eigenvalue weighted by molar-refractivity contribution is -0.688. The van der Waals surface area contributed by atoms with Crippen molar-refractivity contribution >= 4 is 15.9 Å². The molecule has 0 aliphatic heterocycles. The zero-order valence-electron chi connectivity index (χ0n) is 7.60. The van der Waals surface area contributed by atoms with Crippen LogP contribution in [-0.4, -0.2) is 4.98 Å². The van der Waals surface area contributed by atoms with Crippen molar-refractivity contribution in [2.75, 3.05) is 0 Å². The van der Waals surface area contributed by atoms with Crippen molar-refractivity contribution in [1.29, 1.82) is 0 Å². The minimum Gasteiger partial charge on any atom is -0.252 e. The fourth-order valence-corrected chi connectivity index (χ4v) is 1.52. The van der Waals surface area contributed by atoms with Gasteiger partial charge in [0.2, 0.25) is 0 Å². The molecule has 1 aromatic carbocycles. The zero-order valence-corrected chi connectivity index (χ0v) is 9.18. The molecule has 0 atom stereocenters. The molecule has 0 saturated carbocycles. The Morgan fingerprint density at radius 3 is 2.36 bits per heavy atom. The van der Waals surface area contributed by atoms with Gasteiger partial charge < -0.3 is 0 Å². The summed E-state index contributed by atoms with van der Waals surface area (Å²) in [4.78, 5) is 3.97. The van der Waals surface area contributed by atoms with Gasteiger partial charge in [0.1, 0.15) is 0 Å². The van der Waals surface area contributed by atoms with Gasteiger partial charge in [-0.3, -0.25) is 4.98 Å². The molecule has 0 amide bonds. The van der Waals surface area contributed by atoms with Gasteiger partial charge in [-0.2, -0.15) is 4.57 Å². The van der Waals surface area contributed by atoms with Crippen LogP contribution in [0.15, 0.2) is 53.5 Å². The first-order valence-corrected chi connectivity index (χ1v) is 5.17. The molecule has 0 fully saturated rings. The second-order valence-corrected chi connectivity index (χ2v) is 3.96. The molecule has 2 rings (SSSR count). The predicted octanol–water partition coefficient (Wildman–Crippen LogP) is 2.18. The van der Waals surface area contributed by atoms with E-state index in [9.17, 15) is 0 Å². The molecule has 0 spiro atoms. The molecule has 0 aliphatic rings. The van der Waals surface area contributed by atoms with Crippen molar-refractivity contribution < 1.29 is 4.57 Å². The van der Waals surface area contributed by atoms with Gasteiger partial charge in [-0.15, -0.1) is 0 Å². The molecule has 2 aromatic rings. The summed E-state index contributed by atoms with van der Waals surface area (Å²) in [5.74, 6) is 0. The molecule has 2 nitrogen and oxygen atoms in total. The highest BCUT2D eigenvalue weighted by atomic mass is 79.9. The lowest BCUT2D eigenvalue weighted by atomic mass is 10.2. The highest BCUT2D eigenvalue weighted by molar-refractivity contribution is 9.10. The maximum Gasteiger partial charge on any atom is 0.187 e. The van der Waals surface area contributed by atoms with E-state index in [-0.39, 0.29) is 0 Å². The molecule has 0 saturated heterocycles. The van der Waals surface area contributed by atoms with Crippen molar-refractivity contribution in [1.82, 2.24) is 4.98 Å². The predicted molar refractivity (Wildman–Crippen MR) is 57.7 cm³/mol. The highest BCUT2D eigenvalue weighted by Gasteiger charge is 2.00. The number of benzene rings is 1. The van der Waals surface area contributed by atoms with Gasteiger partial charge >= 0.3 is 0 Å². The molecule has 0 bridgehead atoms. The van der Waals surface area contributed by atoms with Crippen molar-refractivity contribution in [3.8, 4) is 0 Å². The molecular formula is C11H10BrN2+. The SMILES string of the molecule is Brc1ccc(C[n+]2ccncc2)cc1. The van der Waals surface area contributed by atoms with Crippen molar-refractivity contribution in [3.05, 3.63) is 59.1 Å². The number of rotatable bonds is 2. The maximum atomic E-state index is 3.97. The van der Waals surface area contributed by atoms with E-state index in [0.717, 1.165) is 11.0 Å². The first-order valence-electron chi connectivity index (χ1n) is 4.38. The molecule has 70 valence electrons. The molecular weight excluding hydrogens is 240 g/mol. The van der Waals surface area contributed by atoms with Crippen molar-refractivity contribution in [2.45, 2.75) is 6.54 Å². The van der Waals surface area contributed by atoms with Gasteiger partial charge in [-0.25, -0.2) is 0 Å². The second-order valence-electron chi connectivity index (χ2n) is 3.04. The van der Waals surface area contributed by atoms with E-state index in [1.54, 1.807) is 12.4 Å². The zero-order chi connectivity index (χ0) is 9.80. The number of hydrogen-bond acceptors (Lipinski definition) is 1. The molecule has 3 heteroatoms. The van der Waals surface area contributed by atoms with Crippen LogP contribution in [0.2, 0.25) is 0 Å². The van der Waals surface area contributed by atoms with Crippen LogP contribution in [0.3, 0.4) is 0 Å². The van der Waals surface area contributed by atoms with Gasteiger partial charge in [-0.1, -0.05) is 28.1 Å². The van der Waals surface area contributed by atoms with E-state index in [1.165, 1.54) is 5.56 Å². The van der Waals surface area contributed by atoms with Crippen LogP contribution in [0, 0.1) is 0 Å².